The second kappa shape index (κ2) is 11.6. The van der Waals surface area contributed by atoms with Crippen molar-refractivity contribution in [2.75, 3.05) is 26.2 Å². The Kier molecular flexibility index (Phi) is 9.16. The Balaban J connectivity index is 1.88. The monoisotopic (exact) mass is 392 g/mol. The van der Waals surface area contributed by atoms with Crippen molar-refractivity contribution >= 4 is 11.9 Å². The van der Waals surface area contributed by atoms with E-state index in [4.69, 9.17) is 17.2 Å². The van der Waals surface area contributed by atoms with Crippen molar-refractivity contribution in [1.29, 1.82) is 0 Å². The normalized spacial score (nSPS) is 16.9. The van der Waals surface area contributed by atoms with Gasteiger partial charge < -0.3 is 27.4 Å². The number of benzene rings is 1. The second-order valence-corrected chi connectivity index (χ2v) is 7.45. The molecule has 1 aliphatic heterocycles. The van der Waals surface area contributed by atoms with Gasteiger partial charge in [-0.2, -0.15) is 0 Å². The quantitative estimate of drug-likeness (QED) is 0.265. The standard InChI is InChI=1S/C20H33FN6O/c21-16-8-6-15(7-9-16)13-18(22)19(28)26-17(5-4-10-25-20(23)24)14-27-11-2-1-3-12-27/h6-9,17-18H,1-5,10-14,22H2,(H,26,28)(H4,23,24,25)/t17?,18-/m1/s1. The van der Waals surface area contributed by atoms with E-state index in [-0.39, 0.29) is 23.7 Å². The lowest BCUT2D eigenvalue weighted by Gasteiger charge is -2.31. The molecular formula is C20H33FN6O. The Bertz CT molecular complexity index is 626. The molecule has 7 N–H and O–H groups in total. The molecule has 0 saturated carbocycles. The smallest absolute Gasteiger partial charge is 0.237 e. The number of hydrogen-bond donors (Lipinski definition) is 4. The summed E-state index contributed by atoms with van der Waals surface area (Å²) in [5.41, 5.74) is 17.7. The molecule has 1 aliphatic rings. The zero-order valence-electron chi connectivity index (χ0n) is 16.4. The van der Waals surface area contributed by atoms with Crippen LogP contribution in [0.4, 0.5) is 4.39 Å². The Labute approximate surface area is 166 Å². The van der Waals surface area contributed by atoms with E-state index < -0.39 is 6.04 Å². The minimum absolute atomic E-state index is 0.000864. The molecule has 0 spiro atoms. The first-order chi connectivity index (χ1) is 13.4. The lowest BCUT2D eigenvalue weighted by Crippen LogP contribution is -2.50. The van der Waals surface area contributed by atoms with Gasteiger partial charge in [-0.15, -0.1) is 0 Å². The Hall–Kier alpha value is -2.19. The third-order valence-electron chi connectivity index (χ3n) is 4.98. The van der Waals surface area contributed by atoms with Gasteiger partial charge in [0.1, 0.15) is 5.82 Å². The van der Waals surface area contributed by atoms with Crippen molar-refractivity contribution in [2.24, 2.45) is 22.2 Å². The number of likely N-dealkylation sites (tertiary alicyclic amines) is 1. The zero-order chi connectivity index (χ0) is 20.4. The summed E-state index contributed by atoms with van der Waals surface area (Å²) in [5.74, 6) is -0.407. The first-order valence-corrected chi connectivity index (χ1v) is 10.0. The van der Waals surface area contributed by atoms with E-state index in [2.05, 4.69) is 15.2 Å². The number of carbonyl (C=O) groups excluding carboxylic acids is 1. The van der Waals surface area contributed by atoms with Gasteiger partial charge in [-0.25, -0.2) is 4.39 Å². The molecule has 0 bridgehead atoms. The first-order valence-electron chi connectivity index (χ1n) is 10.0. The lowest BCUT2D eigenvalue weighted by atomic mass is 10.0. The van der Waals surface area contributed by atoms with Crippen molar-refractivity contribution in [1.82, 2.24) is 10.2 Å². The molecular weight excluding hydrogens is 359 g/mol. The zero-order valence-corrected chi connectivity index (χ0v) is 16.4. The number of halogens is 1. The minimum Gasteiger partial charge on any atom is -0.370 e. The molecule has 8 heteroatoms. The number of nitrogens with two attached hydrogens (primary N) is 3. The van der Waals surface area contributed by atoms with Gasteiger partial charge in [0.25, 0.3) is 0 Å². The molecule has 1 amide bonds. The molecule has 0 radical (unpaired) electrons. The van der Waals surface area contributed by atoms with Crippen LogP contribution in [0.15, 0.2) is 29.3 Å². The summed E-state index contributed by atoms with van der Waals surface area (Å²) in [4.78, 5) is 19.0. The molecule has 28 heavy (non-hydrogen) atoms. The SMILES string of the molecule is NC(N)=NCCCC(CN1CCCCC1)NC(=O)[C@H](N)Cc1ccc(F)cc1. The van der Waals surface area contributed by atoms with Crippen molar-refractivity contribution < 1.29 is 9.18 Å². The molecule has 1 heterocycles. The topological polar surface area (TPSA) is 123 Å². The summed E-state index contributed by atoms with van der Waals surface area (Å²) in [6.45, 7) is 3.46. The van der Waals surface area contributed by atoms with E-state index in [0.29, 0.717) is 13.0 Å². The van der Waals surface area contributed by atoms with Gasteiger partial charge in [0.2, 0.25) is 5.91 Å². The van der Waals surface area contributed by atoms with Crippen molar-refractivity contribution in [3.63, 3.8) is 0 Å². The van der Waals surface area contributed by atoms with E-state index in [1.165, 1.54) is 31.4 Å². The average Bonchev–Trinajstić information content (AvgIpc) is 2.67. The molecule has 1 aromatic carbocycles. The van der Waals surface area contributed by atoms with Crippen molar-refractivity contribution in [2.45, 2.75) is 50.6 Å². The van der Waals surface area contributed by atoms with Gasteiger partial charge in [-0.1, -0.05) is 18.6 Å². The Morgan fingerprint density at radius 3 is 2.50 bits per heavy atom. The summed E-state index contributed by atoms with van der Waals surface area (Å²) >= 11 is 0. The minimum atomic E-state index is -0.674. The fourth-order valence-electron chi connectivity index (χ4n) is 3.48. The molecule has 0 aliphatic carbocycles. The maximum absolute atomic E-state index is 13.0. The van der Waals surface area contributed by atoms with Crippen LogP contribution in [0.1, 0.15) is 37.7 Å². The highest BCUT2D eigenvalue weighted by Gasteiger charge is 2.21. The first kappa shape index (κ1) is 22.1. The van der Waals surface area contributed by atoms with Crippen molar-refractivity contribution in [3.8, 4) is 0 Å². The fraction of sp³-hybridized carbons (Fsp3) is 0.600. The maximum Gasteiger partial charge on any atom is 0.237 e. The van der Waals surface area contributed by atoms with Gasteiger partial charge in [0, 0.05) is 19.1 Å². The van der Waals surface area contributed by atoms with E-state index in [1.807, 2.05) is 0 Å². The number of aliphatic imine (C=N–C) groups is 1. The number of nitrogens with zero attached hydrogens (tertiary/aromatic N) is 2. The van der Waals surface area contributed by atoms with Gasteiger partial charge in [-0.05, 0) is 62.9 Å². The molecule has 1 aromatic rings. The molecule has 7 nitrogen and oxygen atoms in total. The molecule has 0 aromatic heterocycles. The Morgan fingerprint density at radius 2 is 1.86 bits per heavy atom. The van der Waals surface area contributed by atoms with Gasteiger partial charge in [-0.3, -0.25) is 9.79 Å². The summed E-state index contributed by atoms with van der Waals surface area (Å²) in [5, 5.41) is 3.09. The maximum atomic E-state index is 13.0. The van der Waals surface area contributed by atoms with Crippen molar-refractivity contribution in [3.05, 3.63) is 35.6 Å². The van der Waals surface area contributed by atoms with Crippen LogP contribution in [0.3, 0.4) is 0 Å². The molecule has 2 rings (SSSR count). The molecule has 1 fully saturated rings. The number of carbonyl (C=O) groups is 1. The van der Waals surface area contributed by atoms with Gasteiger partial charge in [0.05, 0.1) is 6.04 Å². The third kappa shape index (κ3) is 8.22. The summed E-state index contributed by atoms with van der Waals surface area (Å²) in [6.07, 6.45) is 5.58. The molecule has 1 saturated heterocycles. The molecule has 1 unspecified atom stereocenters. The number of nitrogens with one attached hydrogen (secondary N) is 1. The second-order valence-electron chi connectivity index (χ2n) is 7.45. The van der Waals surface area contributed by atoms with Crippen LogP contribution in [-0.4, -0.2) is 55.0 Å². The third-order valence-corrected chi connectivity index (χ3v) is 4.98. The largest absolute Gasteiger partial charge is 0.370 e. The summed E-state index contributed by atoms with van der Waals surface area (Å²) in [7, 11) is 0. The van der Waals surface area contributed by atoms with Crippen LogP contribution < -0.4 is 22.5 Å². The van der Waals surface area contributed by atoms with Gasteiger partial charge >= 0.3 is 0 Å². The van der Waals surface area contributed by atoms with Gasteiger partial charge in [0.15, 0.2) is 5.96 Å². The predicted octanol–water partition coefficient (Wildman–Crippen LogP) is 0.720. The van der Waals surface area contributed by atoms with Crippen LogP contribution in [0.25, 0.3) is 0 Å². The van der Waals surface area contributed by atoms with Crippen LogP contribution in [0.5, 0.6) is 0 Å². The van der Waals surface area contributed by atoms with E-state index >= 15 is 0 Å². The highest BCUT2D eigenvalue weighted by molar-refractivity contribution is 5.82. The van der Waals surface area contributed by atoms with E-state index in [9.17, 15) is 9.18 Å². The average molecular weight is 393 g/mol. The highest BCUT2D eigenvalue weighted by Crippen LogP contribution is 2.11. The van der Waals surface area contributed by atoms with E-state index in [1.54, 1.807) is 12.1 Å². The molecule has 156 valence electrons. The van der Waals surface area contributed by atoms with E-state index in [0.717, 1.165) is 38.0 Å². The molecule has 2 atom stereocenters. The Morgan fingerprint density at radius 1 is 1.18 bits per heavy atom. The van der Waals surface area contributed by atoms with Crippen LogP contribution >= 0.6 is 0 Å². The van der Waals surface area contributed by atoms with Crippen LogP contribution in [0.2, 0.25) is 0 Å². The number of guanidine groups is 1. The number of piperidine rings is 1. The summed E-state index contributed by atoms with van der Waals surface area (Å²) < 4.78 is 13.0. The summed E-state index contributed by atoms with van der Waals surface area (Å²) in [6, 6.07) is 5.39. The predicted molar refractivity (Wildman–Crippen MR) is 110 cm³/mol. The number of hydrogen-bond acceptors (Lipinski definition) is 4. The fourth-order valence-corrected chi connectivity index (χ4v) is 3.48. The number of rotatable bonds is 10. The number of amides is 1. The highest BCUT2D eigenvalue weighted by atomic mass is 19.1. The van der Waals surface area contributed by atoms with Crippen LogP contribution in [-0.2, 0) is 11.2 Å². The lowest BCUT2D eigenvalue weighted by molar-refractivity contribution is -0.123. The van der Waals surface area contributed by atoms with Crippen LogP contribution in [0, 0.1) is 5.82 Å².